The number of nitrogens with one attached hydrogen (secondary N) is 1. The highest BCUT2D eigenvalue weighted by atomic mass is 79.9. The number of rotatable bonds is 5. The summed E-state index contributed by atoms with van der Waals surface area (Å²) in [5, 5.41) is 10.4. The molecule has 0 aliphatic carbocycles. The second kappa shape index (κ2) is 6.70. The molecule has 0 aliphatic heterocycles. The zero-order valence-electron chi connectivity index (χ0n) is 9.22. The second-order valence-corrected chi connectivity index (χ2v) is 4.23. The van der Waals surface area contributed by atoms with E-state index in [4.69, 9.17) is 5.11 Å². The summed E-state index contributed by atoms with van der Waals surface area (Å²) in [6.07, 6.45) is 2.10. The van der Waals surface area contributed by atoms with Crippen molar-refractivity contribution < 1.29 is 19.5 Å². The monoisotopic (exact) mass is 311 g/mol. The number of hydrogen-bond donors (Lipinski definition) is 2. The van der Waals surface area contributed by atoms with Gasteiger partial charge < -0.3 is 10.4 Å². The van der Waals surface area contributed by atoms with E-state index < -0.39 is 18.4 Å². The number of benzene rings is 1. The van der Waals surface area contributed by atoms with E-state index in [1.807, 2.05) is 0 Å². The number of ketones is 1. The summed E-state index contributed by atoms with van der Waals surface area (Å²) in [5.41, 5.74) is 0.445. The lowest BCUT2D eigenvalue weighted by molar-refractivity contribution is -0.137. The number of carboxylic acid groups (broad SMARTS) is 1. The molecule has 1 aromatic carbocycles. The Hall–Kier alpha value is -1.95. The molecule has 94 valence electrons. The molecule has 0 aromatic heterocycles. The molecule has 0 spiro atoms. The molecule has 0 saturated carbocycles. The quantitative estimate of drug-likeness (QED) is 0.636. The summed E-state index contributed by atoms with van der Waals surface area (Å²) in [5.74, 6) is -2.09. The van der Waals surface area contributed by atoms with Crippen molar-refractivity contribution >= 4 is 33.6 Å². The van der Waals surface area contributed by atoms with Crippen LogP contribution in [0, 0.1) is 0 Å². The van der Waals surface area contributed by atoms with Gasteiger partial charge in [-0.3, -0.25) is 14.4 Å². The standard InChI is InChI=1S/C12H10BrNO4/c13-9-3-1-8(2-4-9)10(15)5-6-11(16)14-7-12(17)18/h1-6H,7H2,(H,14,16)(H,17,18)/b6-5+. The Morgan fingerprint density at radius 1 is 1.17 bits per heavy atom. The van der Waals surface area contributed by atoms with Crippen molar-refractivity contribution in [1.29, 1.82) is 0 Å². The minimum Gasteiger partial charge on any atom is -0.480 e. The third-order valence-electron chi connectivity index (χ3n) is 1.93. The van der Waals surface area contributed by atoms with E-state index in [1.165, 1.54) is 0 Å². The van der Waals surface area contributed by atoms with Crippen LogP contribution in [0.4, 0.5) is 0 Å². The fourth-order valence-corrected chi connectivity index (χ4v) is 1.35. The van der Waals surface area contributed by atoms with Gasteiger partial charge in [-0.15, -0.1) is 0 Å². The van der Waals surface area contributed by atoms with Crippen molar-refractivity contribution in [2.24, 2.45) is 0 Å². The van der Waals surface area contributed by atoms with Crippen LogP contribution in [0.1, 0.15) is 10.4 Å². The van der Waals surface area contributed by atoms with Gasteiger partial charge in [0, 0.05) is 16.1 Å². The van der Waals surface area contributed by atoms with Crippen molar-refractivity contribution in [2.75, 3.05) is 6.54 Å². The molecular formula is C12H10BrNO4. The lowest BCUT2D eigenvalue weighted by Crippen LogP contribution is -2.27. The fraction of sp³-hybridized carbons (Fsp3) is 0.0833. The molecule has 18 heavy (non-hydrogen) atoms. The van der Waals surface area contributed by atoms with E-state index in [0.29, 0.717) is 5.56 Å². The first-order valence-electron chi connectivity index (χ1n) is 4.96. The van der Waals surface area contributed by atoms with Crippen molar-refractivity contribution in [1.82, 2.24) is 5.32 Å². The fourth-order valence-electron chi connectivity index (χ4n) is 1.08. The van der Waals surface area contributed by atoms with Crippen LogP contribution in [0.2, 0.25) is 0 Å². The molecule has 0 radical (unpaired) electrons. The van der Waals surface area contributed by atoms with Crippen LogP contribution in [0.3, 0.4) is 0 Å². The Morgan fingerprint density at radius 3 is 2.33 bits per heavy atom. The minimum atomic E-state index is -1.14. The predicted octanol–water partition coefficient (Wildman–Crippen LogP) is 1.39. The number of carboxylic acids is 1. The Kier molecular flexibility index (Phi) is 5.26. The largest absolute Gasteiger partial charge is 0.480 e. The van der Waals surface area contributed by atoms with E-state index >= 15 is 0 Å². The highest BCUT2D eigenvalue weighted by molar-refractivity contribution is 9.10. The number of amides is 1. The Labute approximate surface area is 112 Å². The van der Waals surface area contributed by atoms with E-state index in [-0.39, 0.29) is 5.78 Å². The maximum Gasteiger partial charge on any atom is 0.322 e. The van der Waals surface area contributed by atoms with Crippen molar-refractivity contribution in [3.8, 4) is 0 Å². The molecule has 0 atom stereocenters. The summed E-state index contributed by atoms with van der Waals surface area (Å²) >= 11 is 3.24. The van der Waals surface area contributed by atoms with E-state index in [0.717, 1.165) is 16.6 Å². The molecule has 5 nitrogen and oxygen atoms in total. The number of aliphatic carboxylic acids is 1. The topological polar surface area (TPSA) is 83.5 Å². The zero-order valence-corrected chi connectivity index (χ0v) is 10.8. The molecule has 1 amide bonds. The van der Waals surface area contributed by atoms with Gasteiger partial charge in [0.1, 0.15) is 6.54 Å². The van der Waals surface area contributed by atoms with Crippen molar-refractivity contribution in [2.45, 2.75) is 0 Å². The molecule has 0 unspecified atom stereocenters. The van der Waals surface area contributed by atoms with E-state index in [1.54, 1.807) is 24.3 Å². The molecular weight excluding hydrogens is 302 g/mol. The molecule has 2 N–H and O–H groups in total. The normalized spacial score (nSPS) is 10.3. The number of carbonyl (C=O) groups excluding carboxylic acids is 2. The number of halogens is 1. The summed E-state index contributed by atoms with van der Waals surface area (Å²) < 4.78 is 0.849. The van der Waals surface area contributed by atoms with Gasteiger partial charge in [0.15, 0.2) is 5.78 Å². The minimum absolute atomic E-state index is 0.326. The van der Waals surface area contributed by atoms with E-state index in [9.17, 15) is 14.4 Å². The molecule has 0 saturated heterocycles. The predicted molar refractivity (Wildman–Crippen MR) is 68.3 cm³/mol. The SMILES string of the molecule is O=C(O)CNC(=O)/C=C/C(=O)c1ccc(Br)cc1. The number of hydrogen-bond acceptors (Lipinski definition) is 3. The third kappa shape index (κ3) is 4.92. The summed E-state index contributed by atoms with van der Waals surface area (Å²) in [6, 6.07) is 6.66. The molecule has 1 rings (SSSR count). The molecule has 0 aliphatic rings. The first-order chi connectivity index (χ1) is 8.49. The molecule has 0 bridgehead atoms. The van der Waals surface area contributed by atoms with Gasteiger partial charge in [-0.2, -0.15) is 0 Å². The number of allylic oxidation sites excluding steroid dienone is 1. The Balaban J connectivity index is 2.56. The molecule has 1 aromatic rings. The molecule has 0 heterocycles. The van der Waals surface area contributed by atoms with Gasteiger partial charge in [0.2, 0.25) is 5.91 Å². The van der Waals surface area contributed by atoms with Crippen LogP contribution < -0.4 is 5.32 Å². The highest BCUT2D eigenvalue weighted by Gasteiger charge is 2.03. The van der Waals surface area contributed by atoms with Gasteiger partial charge in [0.05, 0.1) is 0 Å². The maximum absolute atomic E-state index is 11.6. The van der Waals surface area contributed by atoms with Crippen LogP contribution in [0.5, 0.6) is 0 Å². The third-order valence-corrected chi connectivity index (χ3v) is 2.46. The van der Waals surface area contributed by atoms with Gasteiger partial charge >= 0.3 is 5.97 Å². The van der Waals surface area contributed by atoms with E-state index in [2.05, 4.69) is 21.2 Å². The summed E-state index contributed by atoms with van der Waals surface area (Å²) in [4.78, 5) is 32.9. The van der Waals surface area contributed by atoms with Crippen molar-refractivity contribution in [3.05, 3.63) is 46.5 Å². The van der Waals surface area contributed by atoms with Gasteiger partial charge in [-0.1, -0.05) is 15.9 Å². The highest BCUT2D eigenvalue weighted by Crippen LogP contribution is 2.11. The van der Waals surface area contributed by atoms with Crippen LogP contribution in [-0.2, 0) is 9.59 Å². The average molecular weight is 312 g/mol. The van der Waals surface area contributed by atoms with Crippen molar-refractivity contribution in [3.63, 3.8) is 0 Å². The Morgan fingerprint density at radius 2 is 1.78 bits per heavy atom. The number of carbonyl (C=O) groups is 3. The first kappa shape index (κ1) is 14.1. The first-order valence-corrected chi connectivity index (χ1v) is 5.76. The molecule has 0 fully saturated rings. The maximum atomic E-state index is 11.6. The summed E-state index contributed by atoms with van der Waals surface area (Å²) in [7, 11) is 0. The van der Waals surface area contributed by atoms with Gasteiger partial charge in [0.25, 0.3) is 0 Å². The smallest absolute Gasteiger partial charge is 0.322 e. The molecule has 6 heteroatoms. The summed E-state index contributed by atoms with van der Waals surface area (Å²) in [6.45, 7) is -0.477. The average Bonchev–Trinajstić information content (AvgIpc) is 2.34. The zero-order chi connectivity index (χ0) is 13.5. The van der Waals surface area contributed by atoms with Crippen LogP contribution in [0.15, 0.2) is 40.9 Å². The van der Waals surface area contributed by atoms with Crippen LogP contribution in [-0.4, -0.2) is 29.3 Å². The second-order valence-electron chi connectivity index (χ2n) is 3.32. The Bertz CT molecular complexity index is 493. The van der Waals surface area contributed by atoms with Gasteiger partial charge in [-0.05, 0) is 30.3 Å². The lowest BCUT2D eigenvalue weighted by atomic mass is 10.1. The van der Waals surface area contributed by atoms with Crippen LogP contribution in [0.25, 0.3) is 0 Å². The van der Waals surface area contributed by atoms with Crippen LogP contribution >= 0.6 is 15.9 Å². The lowest BCUT2D eigenvalue weighted by Gasteiger charge is -1.97. The van der Waals surface area contributed by atoms with Gasteiger partial charge in [-0.25, -0.2) is 0 Å².